The van der Waals surface area contributed by atoms with E-state index in [2.05, 4.69) is 0 Å². The molecule has 8 nitrogen and oxygen atoms in total. The van der Waals surface area contributed by atoms with Gasteiger partial charge in [0, 0.05) is 12.0 Å². The van der Waals surface area contributed by atoms with Crippen molar-refractivity contribution < 1.29 is 27.8 Å². The van der Waals surface area contributed by atoms with Crippen LogP contribution in [0.3, 0.4) is 0 Å². The van der Waals surface area contributed by atoms with Gasteiger partial charge in [-0.2, -0.15) is 0 Å². The van der Waals surface area contributed by atoms with Crippen LogP contribution in [-0.2, 0) is 34.7 Å². The molecule has 4 rings (SSSR count). The summed E-state index contributed by atoms with van der Waals surface area (Å²) in [6.07, 6.45) is 12.7. The Bertz CT molecular complexity index is 1470. The van der Waals surface area contributed by atoms with Crippen molar-refractivity contribution in [2.75, 3.05) is 0 Å². The number of aromatic carboxylic acids is 1. The van der Waals surface area contributed by atoms with Crippen LogP contribution in [0.4, 0.5) is 0 Å². The van der Waals surface area contributed by atoms with Gasteiger partial charge in [0.1, 0.15) is 16.4 Å². The van der Waals surface area contributed by atoms with Crippen molar-refractivity contribution in [2.24, 2.45) is 11.1 Å². The highest BCUT2D eigenvalue weighted by Gasteiger charge is 2.44. The lowest BCUT2D eigenvalue weighted by Crippen LogP contribution is -2.37. The van der Waals surface area contributed by atoms with Gasteiger partial charge in [0.25, 0.3) is 0 Å². The summed E-state index contributed by atoms with van der Waals surface area (Å²) in [5.41, 5.74) is -1.62. The number of nitrogens with two attached hydrogens (primary N) is 1. The third-order valence-electron chi connectivity index (χ3n) is 7.57. The molecule has 2 aliphatic rings. The summed E-state index contributed by atoms with van der Waals surface area (Å²) in [5.74, 6) is -0.945. The lowest BCUT2D eigenvalue weighted by molar-refractivity contribution is 0.0692. The molecular weight excluding hydrogens is 506 g/mol. The van der Waals surface area contributed by atoms with Gasteiger partial charge in [0.2, 0.25) is 10.0 Å². The number of aryl methyl sites for hydroxylation is 2. The van der Waals surface area contributed by atoms with Crippen LogP contribution in [0.5, 0.6) is 5.75 Å². The summed E-state index contributed by atoms with van der Waals surface area (Å²) >= 11 is 0. The molecule has 9 heteroatoms. The van der Waals surface area contributed by atoms with Crippen LogP contribution in [0, 0.1) is 5.92 Å². The molecule has 2 aromatic rings. The molecule has 0 amide bonds. The van der Waals surface area contributed by atoms with Gasteiger partial charge in [0.05, 0.1) is 16.5 Å². The first-order chi connectivity index (χ1) is 18.0. The lowest BCUT2D eigenvalue weighted by atomic mass is 9.67. The molecule has 0 radical (unpaired) electrons. The van der Waals surface area contributed by atoms with Crippen molar-refractivity contribution in [3.8, 4) is 5.75 Å². The van der Waals surface area contributed by atoms with E-state index in [0.717, 1.165) is 25.7 Å². The second-order valence-corrected chi connectivity index (χ2v) is 12.1. The van der Waals surface area contributed by atoms with Crippen LogP contribution in [0.1, 0.15) is 90.7 Å². The fraction of sp³-hybridized carbons (Fsp3) is 0.448. The van der Waals surface area contributed by atoms with E-state index < -0.39 is 37.5 Å². The number of carboxylic acid groups (broad SMARTS) is 1. The predicted octanol–water partition coefficient (Wildman–Crippen LogP) is 4.74. The molecule has 0 bridgehead atoms. The van der Waals surface area contributed by atoms with Crippen molar-refractivity contribution in [1.82, 2.24) is 0 Å². The Morgan fingerprint density at radius 1 is 1.11 bits per heavy atom. The maximum Gasteiger partial charge on any atom is 0.344 e. The van der Waals surface area contributed by atoms with Gasteiger partial charge in [0.15, 0.2) is 0 Å². The normalized spacial score (nSPS) is 19.7. The van der Waals surface area contributed by atoms with E-state index in [-0.39, 0.29) is 29.2 Å². The van der Waals surface area contributed by atoms with Crippen LogP contribution < -0.4 is 10.8 Å². The molecule has 1 atom stereocenters. The lowest BCUT2D eigenvalue weighted by Gasteiger charge is -2.36. The number of fused-ring (bicyclic) bond motifs is 1. The molecule has 0 aliphatic heterocycles. The van der Waals surface area contributed by atoms with E-state index >= 15 is 0 Å². The summed E-state index contributed by atoms with van der Waals surface area (Å²) in [7, 11) is -4.57. The van der Waals surface area contributed by atoms with Gasteiger partial charge in [-0.25, -0.2) is 23.1 Å². The molecule has 1 unspecified atom stereocenters. The number of rotatable bonds is 7. The summed E-state index contributed by atoms with van der Waals surface area (Å²) in [6, 6.07) is 2.84. The third kappa shape index (κ3) is 5.22. The SMILES string of the molecule is CC(C)CCc1ccc(C(=O)O)c(S(N)(=O)=O)c1C1(c2c(O)c3c(oc2=O)CCCCCC3)C=CC=CC1. The first-order valence-corrected chi connectivity index (χ1v) is 14.7. The van der Waals surface area contributed by atoms with Crippen LogP contribution in [-0.4, -0.2) is 24.6 Å². The molecule has 0 saturated heterocycles. The van der Waals surface area contributed by atoms with Crippen LogP contribution in [0.25, 0.3) is 0 Å². The van der Waals surface area contributed by atoms with E-state index in [9.17, 15) is 28.2 Å². The zero-order valence-electron chi connectivity index (χ0n) is 21.8. The van der Waals surface area contributed by atoms with E-state index in [4.69, 9.17) is 9.56 Å². The van der Waals surface area contributed by atoms with Crippen molar-refractivity contribution in [1.29, 1.82) is 0 Å². The molecule has 0 saturated carbocycles. The fourth-order valence-electron chi connectivity index (χ4n) is 5.74. The van der Waals surface area contributed by atoms with Crippen molar-refractivity contribution in [3.05, 3.63) is 80.4 Å². The Kier molecular flexibility index (Phi) is 7.99. The van der Waals surface area contributed by atoms with Gasteiger partial charge in [-0.1, -0.05) is 57.1 Å². The summed E-state index contributed by atoms with van der Waals surface area (Å²) in [4.78, 5) is 25.4. The second kappa shape index (κ2) is 10.9. The molecule has 0 fully saturated rings. The third-order valence-corrected chi connectivity index (χ3v) is 8.56. The minimum absolute atomic E-state index is 0.0874. The van der Waals surface area contributed by atoms with Gasteiger partial charge in [-0.3, -0.25) is 0 Å². The number of carbonyl (C=O) groups is 1. The van der Waals surface area contributed by atoms with Crippen molar-refractivity contribution in [3.63, 3.8) is 0 Å². The van der Waals surface area contributed by atoms with Crippen molar-refractivity contribution >= 4 is 16.0 Å². The molecule has 1 heterocycles. The molecule has 204 valence electrons. The Morgan fingerprint density at radius 2 is 1.82 bits per heavy atom. The Labute approximate surface area is 222 Å². The number of hydrogen-bond acceptors (Lipinski definition) is 6. The number of aromatic hydroxyl groups is 1. The molecule has 2 aliphatic carbocycles. The zero-order valence-corrected chi connectivity index (χ0v) is 22.6. The smallest absolute Gasteiger partial charge is 0.344 e. The Balaban J connectivity index is 2.15. The first kappa shape index (κ1) is 27.9. The monoisotopic (exact) mass is 541 g/mol. The highest BCUT2D eigenvalue weighted by molar-refractivity contribution is 7.89. The summed E-state index contributed by atoms with van der Waals surface area (Å²) in [6.45, 7) is 4.06. The standard InChI is InChI=1S/C29H35NO7S/c1-18(2)12-13-19-14-15-21(27(32)33)26(38(30,35)36)23(19)29(16-8-5-9-17-29)24-25(31)20-10-6-3-4-7-11-22(20)37-28(24)34/h5,8-9,14-16,18,31H,3-4,6-7,10-13,17H2,1-2H3,(H,32,33)(H2,30,35,36). The van der Waals surface area contributed by atoms with Gasteiger partial charge >= 0.3 is 11.6 Å². The fourth-order valence-corrected chi connectivity index (χ4v) is 6.80. The van der Waals surface area contributed by atoms with E-state index in [1.807, 2.05) is 13.8 Å². The second-order valence-electron chi connectivity index (χ2n) is 10.7. The van der Waals surface area contributed by atoms with E-state index in [1.165, 1.54) is 6.07 Å². The first-order valence-electron chi connectivity index (χ1n) is 13.1. The average molecular weight is 542 g/mol. The molecule has 38 heavy (non-hydrogen) atoms. The summed E-state index contributed by atoms with van der Waals surface area (Å²) < 4.78 is 32.0. The number of benzene rings is 1. The minimum Gasteiger partial charge on any atom is -0.507 e. The highest BCUT2D eigenvalue weighted by Crippen LogP contribution is 2.48. The topological polar surface area (TPSA) is 148 Å². The predicted molar refractivity (Wildman–Crippen MR) is 144 cm³/mol. The maximum absolute atomic E-state index is 13.7. The number of hydrogen-bond donors (Lipinski definition) is 3. The zero-order chi connectivity index (χ0) is 27.7. The average Bonchev–Trinajstić information content (AvgIpc) is 2.83. The molecule has 0 spiro atoms. The Hall–Kier alpha value is -3.17. The van der Waals surface area contributed by atoms with E-state index in [1.54, 1.807) is 30.4 Å². The Morgan fingerprint density at radius 3 is 2.42 bits per heavy atom. The number of primary sulfonamides is 1. The number of carboxylic acids is 1. The largest absolute Gasteiger partial charge is 0.507 e. The number of sulfonamides is 1. The van der Waals surface area contributed by atoms with Gasteiger partial charge in [-0.05, 0) is 61.6 Å². The maximum atomic E-state index is 13.7. The molecular formula is C29H35NO7S. The van der Waals surface area contributed by atoms with Crippen LogP contribution >= 0.6 is 0 Å². The van der Waals surface area contributed by atoms with Gasteiger partial charge < -0.3 is 14.6 Å². The van der Waals surface area contributed by atoms with E-state index in [0.29, 0.717) is 42.6 Å². The minimum atomic E-state index is -4.57. The summed E-state index contributed by atoms with van der Waals surface area (Å²) in [5, 5.41) is 27.3. The molecule has 1 aromatic carbocycles. The van der Waals surface area contributed by atoms with Crippen molar-refractivity contribution in [2.45, 2.75) is 81.9 Å². The highest BCUT2D eigenvalue weighted by atomic mass is 32.2. The molecule has 1 aromatic heterocycles. The van der Waals surface area contributed by atoms with Gasteiger partial charge in [-0.15, -0.1) is 0 Å². The van der Waals surface area contributed by atoms with Crippen LogP contribution in [0.15, 0.2) is 50.5 Å². The molecule has 4 N–H and O–H groups in total. The number of allylic oxidation sites excluding steroid dienone is 4. The van der Waals surface area contributed by atoms with Crippen LogP contribution in [0.2, 0.25) is 0 Å². The quantitative estimate of drug-likeness (QED) is 0.458.